The number of ether oxygens (including phenoxy) is 1. The number of rotatable bonds is 8. The molecule has 1 aromatic carbocycles. The molecule has 0 heterocycles. The summed E-state index contributed by atoms with van der Waals surface area (Å²) in [5.41, 5.74) is 6.28. The van der Waals surface area contributed by atoms with Crippen molar-refractivity contribution < 1.29 is 9.53 Å². The highest BCUT2D eigenvalue weighted by Gasteiger charge is 2.05. The number of nitrogen functional groups attached to an aromatic ring is 1. The van der Waals surface area contributed by atoms with Gasteiger partial charge in [0.1, 0.15) is 5.75 Å². The largest absolute Gasteiger partial charge is 0.493 e. The maximum atomic E-state index is 11.6. The summed E-state index contributed by atoms with van der Waals surface area (Å²) >= 11 is 0. The van der Waals surface area contributed by atoms with Crippen LogP contribution in [-0.4, -0.2) is 43.6 Å². The third-order valence-electron chi connectivity index (χ3n) is 3.15. The van der Waals surface area contributed by atoms with Gasteiger partial charge in [-0.05, 0) is 45.2 Å². The van der Waals surface area contributed by atoms with Gasteiger partial charge in [0.25, 0.3) is 0 Å². The molecule has 0 aromatic heterocycles. The van der Waals surface area contributed by atoms with Crippen LogP contribution in [-0.2, 0) is 4.79 Å². The predicted octanol–water partition coefficient (Wildman–Crippen LogP) is 1.49. The number of hydrogen-bond acceptors (Lipinski definition) is 4. The number of carbonyl (C=O) groups is 1. The summed E-state index contributed by atoms with van der Waals surface area (Å²) in [6.45, 7) is 6.14. The highest BCUT2D eigenvalue weighted by Crippen LogP contribution is 2.12. The Morgan fingerprint density at radius 3 is 2.60 bits per heavy atom. The third-order valence-corrected chi connectivity index (χ3v) is 3.15. The third kappa shape index (κ3) is 6.43. The van der Waals surface area contributed by atoms with Gasteiger partial charge in [-0.3, -0.25) is 4.79 Å². The molecule has 0 unspecified atom stereocenters. The van der Waals surface area contributed by atoms with Crippen LogP contribution in [0.4, 0.5) is 5.69 Å². The number of nitrogens with two attached hydrogens (primary N) is 1. The molecule has 0 bridgehead atoms. The van der Waals surface area contributed by atoms with Crippen LogP contribution < -0.4 is 15.8 Å². The van der Waals surface area contributed by atoms with Crippen LogP contribution in [0.1, 0.15) is 20.3 Å². The van der Waals surface area contributed by atoms with E-state index in [1.165, 1.54) is 0 Å². The van der Waals surface area contributed by atoms with E-state index in [1.54, 1.807) is 24.3 Å². The van der Waals surface area contributed by atoms with Crippen molar-refractivity contribution in [1.29, 1.82) is 0 Å². The molecule has 112 valence electrons. The summed E-state index contributed by atoms with van der Waals surface area (Å²) in [5.74, 6) is 0.740. The molecule has 0 aliphatic carbocycles. The van der Waals surface area contributed by atoms with E-state index in [0.717, 1.165) is 12.3 Å². The molecule has 0 aliphatic heterocycles. The van der Waals surface area contributed by atoms with Crippen LogP contribution in [0, 0.1) is 0 Å². The zero-order valence-electron chi connectivity index (χ0n) is 12.6. The van der Waals surface area contributed by atoms with Crippen molar-refractivity contribution in [2.24, 2.45) is 0 Å². The molecule has 0 spiro atoms. The summed E-state index contributed by atoms with van der Waals surface area (Å²) in [6, 6.07) is 7.63. The number of amides is 1. The molecular formula is C15H25N3O2. The van der Waals surface area contributed by atoms with Gasteiger partial charge in [0, 0.05) is 24.8 Å². The maximum absolute atomic E-state index is 11.6. The SMILES string of the molecule is CC(C)N(C)CCNC(=O)CCOc1ccc(N)cc1. The van der Waals surface area contributed by atoms with Gasteiger partial charge in [0.15, 0.2) is 0 Å². The first-order valence-electron chi connectivity index (χ1n) is 6.94. The molecule has 0 saturated heterocycles. The molecule has 1 rings (SSSR count). The van der Waals surface area contributed by atoms with Gasteiger partial charge in [0.2, 0.25) is 5.91 Å². The monoisotopic (exact) mass is 279 g/mol. The van der Waals surface area contributed by atoms with E-state index in [2.05, 4.69) is 24.1 Å². The van der Waals surface area contributed by atoms with Gasteiger partial charge in [-0.15, -0.1) is 0 Å². The van der Waals surface area contributed by atoms with Crippen molar-refractivity contribution in [2.75, 3.05) is 32.5 Å². The van der Waals surface area contributed by atoms with Crippen molar-refractivity contribution in [1.82, 2.24) is 10.2 Å². The molecule has 1 amide bonds. The van der Waals surface area contributed by atoms with Gasteiger partial charge in [-0.25, -0.2) is 0 Å². The van der Waals surface area contributed by atoms with Crippen molar-refractivity contribution in [3.8, 4) is 5.75 Å². The predicted molar refractivity (Wildman–Crippen MR) is 81.7 cm³/mol. The van der Waals surface area contributed by atoms with E-state index in [4.69, 9.17) is 10.5 Å². The lowest BCUT2D eigenvalue weighted by atomic mass is 10.3. The van der Waals surface area contributed by atoms with Gasteiger partial charge >= 0.3 is 0 Å². The van der Waals surface area contributed by atoms with Crippen LogP contribution in [0.15, 0.2) is 24.3 Å². The number of carbonyl (C=O) groups excluding carboxylic acids is 1. The topological polar surface area (TPSA) is 67.6 Å². The Labute approximate surface area is 121 Å². The van der Waals surface area contributed by atoms with Crippen LogP contribution in [0.25, 0.3) is 0 Å². The molecule has 5 heteroatoms. The van der Waals surface area contributed by atoms with Crippen molar-refractivity contribution >= 4 is 11.6 Å². The second-order valence-electron chi connectivity index (χ2n) is 5.09. The Morgan fingerprint density at radius 2 is 2.00 bits per heavy atom. The first-order valence-corrected chi connectivity index (χ1v) is 6.94. The fraction of sp³-hybridized carbons (Fsp3) is 0.533. The van der Waals surface area contributed by atoms with Crippen LogP contribution in [0.5, 0.6) is 5.75 Å². The van der Waals surface area contributed by atoms with Crippen molar-refractivity contribution in [3.63, 3.8) is 0 Å². The lowest BCUT2D eigenvalue weighted by Crippen LogP contribution is -2.36. The highest BCUT2D eigenvalue weighted by molar-refractivity contribution is 5.75. The second kappa shape index (κ2) is 8.43. The number of anilines is 1. The Bertz CT molecular complexity index is 404. The molecule has 0 fully saturated rings. The minimum atomic E-state index is 0.0117. The number of nitrogens with zero attached hydrogens (tertiary/aromatic N) is 1. The van der Waals surface area contributed by atoms with Crippen molar-refractivity contribution in [3.05, 3.63) is 24.3 Å². The van der Waals surface area contributed by atoms with Gasteiger partial charge < -0.3 is 20.7 Å². The molecule has 3 N–H and O–H groups in total. The normalized spacial score (nSPS) is 10.8. The number of likely N-dealkylation sites (N-methyl/N-ethyl adjacent to an activating group) is 1. The summed E-state index contributed by atoms with van der Waals surface area (Å²) in [5, 5.41) is 2.88. The molecule has 20 heavy (non-hydrogen) atoms. The fourth-order valence-corrected chi connectivity index (χ4v) is 1.54. The molecule has 0 saturated carbocycles. The second-order valence-corrected chi connectivity index (χ2v) is 5.09. The Kier molecular flexibility index (Phi) is 6.87. The molecule has 5 nitrogen and oxygen atoms in total. The van der Waals surface area contributed by atoms with Gasteiger partial charge in [-0.2, -0.15) is 0 Å². The molecule has 0 radical (unpaired) electrons. The smallest absolute Gasteiger partial charge is 0.223 e. The standard InChI is InChI=1S/C15H25N3O2/c1-12(2)18(3)10-9-17-15(19)8-11-20-14-6-4-13(16)5-7-14/h4-7,12H,8-11,16H2,1-3H3,(H,17,19). The number of nitrogens with one attached hydrogen (secondary N) is 1. The Hall–Kier alpha value is -1.75. The fourth-order valence-electron chi connectivity index (χ4n) is 1.54. The molecular weight excluding hydrogens is 254 g/mol. The van der Waals surface area contributed by atoms with E-state index in [1.807, 2.05) is 7.05 Å². The molecule has 1 aromatic rings. The van der Waals surface area contributed by atoms with Crippen molar-refractivity contribution in [2.45, 2.75) is 26.3 Å². The molecule has 0 aliphatic rings. The maximum Gasteiger partial charge on any atom is 0.223 e. The number of hydrogen-bond donors (Lipinski definition) is 2. The number of benzene rings is 1. The minimum absolute atomic E-state index is 0.0117. The summed E-state index contributed by atoms with van der Waals surface area (Å²) in [7, 11) is 2.04. The highest BCUT2D eigenvalue weighted by atomic mass is 16.5. The van der Waals surface area contributed by atoms with Gasteiger partial charge in [0.05, 0.1) is 13.0 Å². The zero-order valence-corrected chi connectivity index (χ0v) is 12.6. The first-order chi connectivity index (χ1) is 9.49. The van der Waals surface area contributed by atoms with E-state index in [0.29, 0.717) is 31.3 Å². The van der Waals surface area contributed by atoms with E-state index in [-0.39, 0.29) is 5.91 Å². The first kappa shape index (κ1) is 16.3. The Morgan fingerprint density at radius 1 is 1.35 bits per heavy atom. The van der Waals surface area contributed by atoms with Crippen LogP contribution in [0.2, 0.25) is 0 Å². The average molecular weight is 279 g/mol. The quantitative estimate of drug-likeness (QED) is 0.708. The van der Waals surface area contributed by atoms with E-state index in [9.17, 15) is 4.79 Å². The minimum Gasteiger partial charge on any atom is -0.493 e. The molecule has 0 atom stereocenters. The van der Waals surface area contributed by atoms with E-state index < -0.39 is 0 Å². The zero-order chi connectivity index (χ0) is 15.0. The summed E-state index contributed by atoms with van der Waals surface area (Å²) < 4.78 is 5.47. The lowest BCUT2D eigenvalue weighted by Gasteiger charge is -2.20. The summed E-state index contributed by atoms with van der Waals surface area (Å²) in [6.07, 6.45) is 0.357. The Balaban J connectivity index is 2.12. The average Bonchev–Trinajstić information content (AvgIpc) is 2.40. The van der Waals surface area contributed by atoms with Crippen LogP contribution in [0.3, 0.4) is 0 Å². The van der Waals surface area contributed by atoms with Crippen LogP contribution >= 0.6 is 0 Å². The summed E-state index contributed by atoms with van der Waals surface area (Å²) in [4.78, 5) is 13.8. The van der Waals surface area contributed by atoms with E-state index >= 15 is 0 Å². The lowest BCUT2D eigenvalue weighted by molar-refractivity contribution is -0.121. The van der Waals surface area contributed by atoms with Gasteiger partial charge in [-0.1, -0.05) is 0 Å².